The third-order valence-electron chi connectivity index (χ3n) is 5.05. The zero-order valence-corrected chi connectivity index (χ0v) is 20.1. The molecule has 1 aromatic heterocycles. The lowest BCUT2D eigenvalue weighted by Crippen LogP contribution is -2.28. The van der Waals surface area contributed by atoms with Gasteiger partial charge in [0.1, 0.15) is 12.4 Å². The van der Waals surface area contributed by atoms with E-state index in [4.69, 9.17) is 4.74 Å². The van der Waals surface area contributed by atoms with Crippen LogP contribution in [0.15, 0.2) is 59.8 Å². The first kappa shape index (κ1) is 23.9. The maximum absolute atomic E-state index is 12.6. The molecule has 170 valence electrons. The highest BCUT2D eigenvalue weighted by molar-refractivity contribution is 7.99. The Kier molecular flexibility index (Phi) is 8.73. The van der Waals surface area contributed by atoms with E-state index in [1.807, 2.05) is 49.5 Å². The van der Waals surface area contributed by atoms with E-state index in [9.17, 15) is 4.79 Å². The van der Waals surface area contributed by atoms with Gasteiger partial charge in [-0.05, 0) is 35.6 Å². The summed E-state index contributed by atoms with van der Waals surface area (Å²) in [5.74, 6) is 2.38. The molecule has 6 nitrogen and oxygen atoms in total. The van der Waals surface area contributed by atoms with Gasteiger partial charge in [0.2, 0.25) is 5.91 Å². The van der Waals surface area contributed by atoms with Gasteiger partial charge in [0, 0.05) is 20.1 Å². The minimum Gasteiger partial charge on any atom is -0.486 e. The fourth-order valence-corrected chi connectivity index (χ4v) is 4.14. The molecular weight excluding hydrogens is 420 g/mol. The second kappa shape index (κ2) is 11.7. The maximum atomic E-state index is 12.6. The lowest BCUT2D eigenvalue weighted by atomic mass is 10.2. The summed E-state index contributed by atoms with van der Waals surface area (Å²) >= 11 is 1.43. The third kappa shape index (κ3) is 6.85. The first-order valence-electron chi connectivity index (χ1n) is 11.0. The zero-order valence-electron chi connectivity index (χ0n) is 19.3. The van der Waals surface area contributed by atoms with Crippen LogP contribution in [0.3, 0.4) is 0 Å². The summed E-state index contributed by atoms with van der Waals surface area (Å²) < 4.78 is 8.02. The van der Waals surface area contributed by atoms with Crippen molar-refractivity contribution in [2.75, 3.05) is 12.8 Å². The van der Waals surface area contributed by atoms with Gasteiger partial charge >= 0.3 is 0 Å². The molecule has 0 fully saturated rings. The highest BCUT2D eigenvalue weighted by Crippen LogP contribution is 2.21. The number of hydrogen-bond donors (Lipinski definition) is 0. The topological polar surface area (TPSA) is 60.3 Å². The number of aromatic nitrogens is 3. The van der Waals surface area contributed by atoms with Crippen LogP contribution in [0.2, 0.25) is 0 Å². The first-order chi connectivity index (χ1) is 15.5. The van der Waals surface area contributed by atoms with Gasteiger partial charge in [-0.25, -0.2) is 0 Å². The average Bonchev–Trinajstić information content (AvgIpc) is 3.17. The Hall–Kier alpha value is -2.80. The van der Waals surface area contributed by atoms with E-state index in [1.54, 1.807) is 4.90 Å². The Balaban J connectivity index is 1.61. The fourth-order valence-electron chi connectivity index (χ4n) is 3.23. The van der Waals surface area contributed by atoms with Gasteiger partial charge in [-0.15, -0.1) is 10.2 Å². The van der Waals surface area contributed by atoms with Crippen LogP contribution in [0.1, 0.15) is 37.7 Å². The van der Waals surface area contributed by atoms with Gasteiger partial charge in [-0.1, -0.05) is 75.0 Å². The standard InChI is InChI=1S/C25H32N4O2S/c1-5-20-11-13-22(14-12-20)31-17-23-26-27-25(29(23)15-19(2)3)32-18-24(30)28(4)16-21-9-7-6-8-10-21/h6-14,19H,5,15-18H2,1-4H3. The molecule has 7 heteroatoms. The molecular formula is C25H32N4O2S. The monoisotopic (exact) mass is 452 g/mol. The molecule has 0 saturated carbocycles. The van der Waals surface area contributed by atoms with Crippen LogP contribution in [-0.4, -0.2) is 38.4 Å². The number of hydrogen-bond acceptors (Lipinski definition) is 5. The second-order valence-electron chi connectivity index (χ2n) is 8.21. The first-order valence-corrected chi connectivity index (χ1v) is 12.0. The molecule has 3 rings (SSSR count). The van der Waals surface area contributed by atoms with Gasteiger partial charge in [-0.2, -0.15) is 0 Å². The second-order valence-corrected chi connectivity index (χ2v) is 9.16. The number of carbonyl (C=O) groups is 1. The summed E-state index contributed by atoms with van der Waals surface area (Å²) in [5.41, 5.74) is 2.39. The van der Waals surface area contributed by atoms with E-state index in [0.29, 0.717) is 24.8 Å². The summed E-state index contributed by atoms with van der Waals surface area (Å²) in [6.07, 6.45) is 1.00. The van der Waals surface area contributed by atoms with Crippen molar-refractivity contribution in [2.45, 2.75) is 52.0 Å². The number of rotatable bonds is 11. The van der Waals surface area contributed by atoms with Crippen LogP contribution >= 0.6 is 11.8 Å². The van der Waals surface area contributed by atoms with Gasteiger partial charge < -0.3 is 14.2 Å². The van der Waals surface area contributed by atoms with Gasteiger partial charge in [0.15, 0.2) is 11.0 Å². The number of ether oxygens (including phenoxy) is 1. The van der Waals surface area contributed by atoms with Gasteiger partial charge in [-0.3, -0.25) is 4.79 Å². The van der Waals surface area contributed by atoms with Crippen molar-refractivity contribution < 1.29 is 9.53 Å². The van der Waals surface area contributed by atoms with Crippen molar-refractivity contribution in [3.8, 4) is 5.75 Å². The number of thioether (sulfide) groups is 1. The quantitative estimate of drug-likeness (QED) is 0.390. The Morgan fingerprint density at radius 2 is 1.78 bits per heavy atom. The van der Waals surface area contributed by atoms with Crippen LogP contribution in [-0.2, 0) is 30.9 Å². The van der Waals surface area contributed by atoms with Crippen molar-refractivity contribution in [1.82, 2.24) is 19.7 Å². The molecule has 0 aliphatic rings. The molecule has 0 aliphatic heterocycles. The van der Waals surface area contributed by atoms with Crippen LogP contribution in [0, 0.1) is 5.92 Å². The minimum atomic E-state index is 0.0618. The highest BCUT2D eigenvalue weighted by atomic mass is 32.2. The molecule has 0 radical (unpaired) electrons. The molecule has 1 amide bonds. The Morgan fingerprint density at radius 1 is 1.06 bits per heavy atom. The van der Waals surface area contributed by atoms with E-state index >= 15 is 0 Å². The van der Waals surface area contributed by atoms with Crippen molar-refractivity contribution in [2.24, 2.45) is 5.92 Å². The van der Waals surface area contributed by atoms with E-state index in [1.165, 1.54) is 17.3 Å². The number of aryl methyl sites for hydroxylation is 1. The molecule has 0 unspecified atom stereocenters. The van der Waals surface area contributed by atoms with Crippen molar-refractivity contribution in [1.29, 1.82) is 0 Å². The van der Waals surface area contributed by atoms with Gasteiger partial charge in [0.25, 0.3) is 0 Å². The number of benzene rings is 2. The van der Waals surface area contributed by atoms with E-state index in [0.717, 1.165) is 35.3 Å². The number of carbonyl (C=O) groups excluding carboxylic acids is 1. The van der Waals surface area contributed by atoms with Crippen LogP contribution in [0.5, 0.6) is 5.75 Å². The van der Waals surface area contributed by atoms with Gasteiger partial charge in [0.05, 0.1) is 5.75 Å². The molecule has 0 atom stereocenters. The van der Waals surface area contributed by atoms with E-state index in [-0.39, 0.29) is 5.91 Å². The SMILES string of the molecule is CCc1ccc(OCc2nnc(SCC(=O)N(C)Cc3ccccc3)n2CC(C)C)cc1. The fraction of sp³-hybridized carbons (Fsp3) is 0.400. The van der Waals surface area contributed by atoms with Crippen molar-refractivity contribution in [3.05, 3.63) is 71.5 Å². The summed E-state index contributed by atoms with van der Waals surface area (Å²) in [7, 11) is 1.83. The predicted molar refractivity (Wildman–Crippen MR) is 129 cm³/mol. The molecule has 0 N–H and O–H groups in total. The van der Waals surface area contributed by atoms with Crippen molar-refractivity contribution in [3.63, 3.8) is 0 Å². The zero-order chi connectivity index (χ0) is 22.9. The Morgan fingerprint density at radius 3 is 2.44 bits per heavy atom. The van der Waals surface area contributed by atoms with Crippen LogP contribution in [0.4, 0.5) is 0 Å². The summed E-state index contributed by atoms with van der Waals surface area (Å²) in [4.78, 5) is 14.4. The molecule has 3 aromatic rings. The lowest BCUT2D eigenvalue weighted by Gasteiger charge is -2.17. The molecule has 1 heterocycles. The summed E-state index contributed by atoms with van der Waals surface area (Å²) in [6, 6.07) is 18.1. The van der Waals surface area contributed by atoms with E-state index in [2.05, 4.69) is 47.7 Å². The summed E-state index contributed by atoms with van der Waals surface area (Å²) in [6.45, 7) is 8.15. The van der Waals surface area contributed by atoms with E-state index < -0.39 is 0 Å². The number of nitrogens with zero attached hydrogens (tertiary/aromatic N) is 4. The van der Waals surface area contributed by atoms with Crippen molar-refractivity contribution >= 4 is 17.7 Å². The molecule has 2 aromatic carbocycles. The molecule has 0 saturated heterocycles. The molecule has 0 aliphatic carbocycles. The normalized spacial score (nSPS) is 11.0. The smallest absolute Gasteiger partial charge is 0.233 e. The Bertz CT molecular complexity index is 987. The Labute approximate surface area is 195 Å². The molecule has 0 bridgehead atoms. The van der Waals surface area contributed by atoms with Crippen LogP contribution < -0.4 is 4.74 Å². The average molecular weight is 453 g/mol. The largest absolute Gasteiger partial charge is 0.486 e. The lowest BCUT2D eigenvalue weighted by molar-refractivity contribution is -0.127. The van der Waals surface area contributed by atoms with Crippen LogP contribution in [0.25, 0.3) is 0 Å². The highest BCUT2D eigenvalue weighted by Gasteiger charge is 2.17. The molecule has 32 heavy (non-hydrogen) atoms. The maximum Gasteiger partial charge on any atom is 0.233 e. The minimum absolute atomic E-state index is 0.0618. The summed E-state index contributed by atoms with van der Waals surface area (Å²) in [5, 5.41) is 9.45. The predicted octanol–water partition coefficient (Wildman–Crippen LogP) is 4.83. The number of amides is 1. The molecule has 0 spiro atoms. The third-order valence-corrected chi connectivity index (χ3v) is 6.01.